The molecule has 0 spiro atoms. The summed E-state index contributed by atoms with van der Waals surface area (Å²) < 4.78 is 38.9. The lowest BCUT2D eigenvalue weighted by Gasteiger charge is -2.11. The lowest BCUT2D eigenvalue weighted by Crippen LogP contribution is -2.25. The molecule has 0 saturated heterocycles. The maximum atomic E-state index is 13.0. The predicted molar refractivity (Wildman–Crippen MR) is 129 cm³/mol. The predicted octanol–water partition coefficient (Wildman–Crippen LogP) is 3.99. The second-order valence-electron chi connectivity index (χ2n) is 7.86. The van der Waals surface area contributed by atoms with Crippen LogP contribution in [0.4, 0.5) is 13.2 Å². The summed E-state index contributed by atoms with van der Waals surface area (Å²) in [5, 5.41) is 27.3. The summed E-state index contributed by atoms with van der Waals surface area (Å²) in [6.07, 6.45) is -0.913. The van der Waals surface area contributed by atoms with Crippen LogP contribution in [-0.2, 0) is 17.9 Å². The third-order valence-corrected chi connectivity index (χ3v) is 5.34. The number of aliphatic hydroxyl groups excluding tert-OH is 1. The van der Waals surface area contributed by atoms with Gasteiger partial charge in [0.1, 0.15) is 11.4 Å². The number of fused-ring (bicyclic) bond motifs is 1. The number of rotatable bonds is 8. The van der Waals surface area contributed by atoms with Crippen molar-refractivity contribution in [3.63, 3.8) is 0 Å². The minimum atomic E-state index is -5.08. The number of nitrogens with zero attached hydrogens (tertiary/aromatic N) is 2. The second-order valence-corrected chi connectivity index (χ2v) is 7.86. The van der Waals surface area contributed by atoms with Gasteiger partial charge in [0, 0.05) is 42.4 Å². The van der Waals surface area contributed by atoms with Gasteiger partial charge in [-0.05, 0) is 41.8 Å². The Balaban J connectivity index is 0.000000479. The van der Waals surface area contributed by atoms with Crippen molar-refractivity contribution in [3.05, 3.63) is 72.2 Å². The number of aryl methyl sites for hydroxylation is 1. The third kappa shape index (κ3) is 7.10. The molecule has 0 unspecified atom stereocenters. The van der Waals surface area contributed by atoms with E-state index < -0.39 is 12.1 Å². The van der Waals surface area contributed by atoms with Crippen molar-refractivity contribution in [1.29, 1.82) is 0 Å². The Morgan fingerprint density at radius 1 is 1.14 bits per heavy atom. The van der Waals surface area contributed by atoms with Crippen molar-refractivity contribution in [2.75, 3.05) is 13.7 Å². The number of carboxylic acids is 1. The van der Waals surface area contributed by atoms with E-state index in [1.165, 1.54) is 0 Å². The van der Waals surface area contributed by atoms with Crippen molar-refractivity contribution in [2.45, 2.75) is 25.7 Å². The van der Waals surface area contributed by atoms with Gasteiger partial charge in [0.25, 0.3) is 5.91 Å². The highest BCUT2D eigenvalue weighted by Gasteiger charge is 2.38. The first-order valence-electron chi connectivity index (χ1n) is 11.1. The monoisotopic (exact) mass is 518 g/mol. The highest BCUT2D eigenvalue weighted by Crippen LogP contribution is 2.27. The first kappa shape index (κ1) is 27.3. The number of aliphatic carboxylic acids is 1. The van der Waals surface area contributed by atoms with Gasteiger partial charge in [-0.1, -0.05) is 24.3 Å². The summed E-state index contributed by atoms with van der Waals surface area (Å²) in [6, 6.07) is 15.6. The van der Waals surface area contributed by atoms with Gasteiger partial charge in [0.2, 0.25) is 0 Å². The van der Waals surface area contributed by atoms with E-state index in [-0.39, 0.29) is 12.5 Å². The fourth-order valence-electron chi connectivity index (χ4n) is 3.56. The molecule has 2 aromatic heterocycles. The number of nitrogens with one attached hydrogen (secondary N) is 2. The SMILES string of the molecule is COc1cccc(CNC(=O)c2cc3ccc(-c4cn[nH]c4)cc3n2CCCO)c1.O=C(O)C(F)(F)F. The number of aliphatic hydroxyl groups is 1. The minimum absolute atomic E-state index is 0.0615. The molecule has 0 radical (unpaired) electrons. The molecule has 0 fully saturated rings. The zero-order valence-electron chi connectivity index (χ0n) is 19.7. The highest BCUT2D eigenvalue weighted by molar-refractivity contribution is 5.99. The van der Waals surface area contributed by atoms with Crippen LogP contribution in [0.15, 0.2) is 60.9 Å². The zero-order valence-corrected chi connectivity index (χ0v) is 19.7. The van der Waals surface area contributed by atoms with Crippen LogP contribution in [0.2, 0.25) is 0 Å². The number of hydrogen-bond donors (Lipinski definition) is 4. The van der Waals surface area contributed by atoms with Crippen molar-refractivity contribution >= 4 is 22.8 Å². The number of H-pyrrole nitrogens is 1. The Kier molecular flexibility index (Phi) is 8.90. The molecule has 0 saturated carbocycles. The molecule has 4 aromatic rings. The molecule has 37 heavy (non-hydrogen) atoms. The van der Waals surface area contributed by atoms with E-state index in [2.05, 4.69) is 21.6 Å². The van der Waals surface area contributed by atoms with E-state index in [4.69, 9.17) is 14.6 Å². The van der Waals surface area contributed by atoms with Crippen molar-refractivity contribution in [1.82, 2.24) is 20.1 Å². The molecule has 0 aliphatic heterocycles. The van der Waals surface area contributed by atoms with E-state index in [0.29, 0.717) is 25.2 Å². The quantitative estimate of drug-likeness (QED) is 0.279. The first-order chi connectivity index (χ1) is 17.6. The van der Waals surface area contributed by atoms with Crippen LogP contribution in [0.3, 0.4) is 0 Å². The van der Waals surface area contributed by atoms with E-state index in [0.717, 1.165) is 33.3 Å². The number of aromatic amines is 1. The lowest BCUT2D eigenvalue weighted by molar-refractivity contribution is -0.192. The molecule has 9 nitrogen and oxygen atoms in total. The molecule has 196 valence electrons. The van der Waals surface area contributed by atoms with E-state index in [1.54, 1.807) is 13.3 Å². The Hall–Kier alpha value is -4.32. The molecular weight excluding hydrogens is 493 g/mol. The Labute approximate surface area is 209 Å². The van der Waals surface area contributed by atoms with Gasteiger partial charge in [-0.25, -0.2) is 4.79 Å². The summed E-state index contributed by atoms with van der Waals surface area (Å²) in [6.45, 7) is 1.01. The normalized spacial score (nSPS) is 11.1. The molecule has 0 bridgehead atoms. The summed E-state index contributed by atoms with van der Waals surface area (Å²) in [4.78, 5) is 21.9. The van der Waals surface area contributed by atoms with Crippen LogP contribution in [0.1, 0.15) is 22.5 Å². The molecule has 0 aliphatic carbocycles. The van der Waals surface area contributed by atoms with Crippen molar-refractivity contribution in [2.24, 2.45) is 0 Å². The fraction of sp³-hybridized carbons (Fsp3) is 0.240. The number of halogens is 3. The fourth-order valence-corrected chi connectivity index (χ4v) is 3.56. The van der Waals surface area contributed by atoms with Crippen LogP contribution in [0.25, 0.3) is 22.0 Å². The maximum Gasteiger partial charge on any atom is 0.490 e. The van der Waals surface area contributed by atoms with E-state index in [1.807, 2.05) is 53.2 Å². The number of amides is 1. The van der Waals surface area contributed by atoms with Crippen LogP contribution in [0.5, 0.6) is 5.75 Å². The van der Waals surface area contributed by atoms with Crippen molar-refractivity contribution in [3.8, 4) is 16.9 Å². The molecule has 2 aromatic carbocycles. The zero-order chi connectivity index (χ0) is 27.0. The molecule has 1 amide bonds. The summed E-state index contributed by atoms with van der Waals surface area (Å²) in [5.74, 6) is -2.16. The van der Waals surface area contributed by atoms with Gasteiger partial charge in [-0.3, -0.25) is 9.89 Å². The molecule has 0 aliphatic rings. The molecule has 0 atom stereocenters. The number of carboxylic acid groups (broad SMARTS) is 1. The van der Waals surface area contributed by atoms with Gasteiger partial charge in [-0.2, -0.15) is 18.3 Å². The number of methoxy groups -OCH3 is 1. The first-order valence-corrected chi connectivity index (χ1v) is 11.1. The smallest absolute Gasteiger partial charge is 0.490 e. The number of alkyl halides is 3. The topological polar surface area (TPSA) is 129 Å². The number of hydrogen-bond acceptors (Lipinski definition) is 5. The minimum Gasteiger partial charge on any atom is -0.497 e. The Morgan fingerprint density at radius 3 is 2.51 bits per heavy atom. The Bertz CT molecular complexity index is 1350. The second kappa shape index (κ2) is 12.1. The number of benzene rings is 2. The van der Waals surface area contributed by atoms with Gasteiger partial charge < -0.3 is 24.8 Å². The van der Waals surface area contributed by atoms with Crippen LogP contribution in [0, 0.1) is 0 Å². The average Bonchev–Trinajstić information content (AvgIpc) is 3.54. The standard InChI is InChI=1S/C23H24N4O3.C2HF3O2/c1-30-20-5-2-4-16(10-20)13-24-23(29)22-12-18-7-6-17(19-14-25-26-15-19)11-21(18)27(22)8-3-9-28;3-2(4,5)1(6)7/h2,4-7,10-12,14-15,28H,3,8-9,13H2,1H3,(H,24,29)(H,25,26);(H,6,7). The molecule has 2 heterocycles. The van der Waals surface area contributed by atoms with Crippen LogP contribution >= 0.6 is 0 Å². The molecular formula is C25H25F3N4O5. The van der Waals surface area contributed by atoms with Crippen LogP contribution in [-0.4, -0.2) is 56.7 Å². The molecule has 4 rings (SSSR count). The number of carbonyl (C=O) groups is 2. The van der Waals surface area contributed by atoms with Gasteiger partial charge in [0.15, 0.2) is 0 Å². The highest BCUT2D eigenvalue weighted by atomic mass is 19.4. The van der Waals surface area contributed by atoms with Gasteiger partial charge in [0.05, 0.1) is 13.3 Å². The number of aromatic nitrogens is 3. The van der Waals surface area contributed by atoms with Crippen LogP contribution < -0.4 is 10.1 Å². The lowest BCUT2D eigenvalue weighted by atomic mass is 10.1. The number of ether oxygens (including phenoxy) is 1. The van der Waals surface area contributed by atoms with Gasteiger partial charge >= 0.3 is 12.1 Å². The molecule has 12 heteroatoms. The van der Waals surface area contributed by atoms with Gasteiger partial charge in [-0.15, -0.1) is 0 Å². The summed E-state index contributed by atoms with van der Waals surface area (Å²) in [7, 11) is 1.62. The van der Waals surface area contributed by atoms with E-state index >= 15 is 0 Å². The van der Waals surface area contributed by atoms with Crippen molar-refractivity contribution < 1.29 is 37.7 Å². The number of carbonyl (C=O) groups excluding carboxylic acids is 1. The summed E-state index contributed by atoms with van der Waals surface area (Å²) in [5.41, 5.74) is 4.49. The van der Waals surface area contributed by atoms with E-state index in [9.17, 15) is 23.1 Å². The Morgan fingerprint density at radius 2 is 1.89 bits per heavy atom. The summed E-state index contributed by atoms with van der Waals surface area (Å²) >= 11 is 0. The average molecular weight is 518 g/mol. The maximum absolute atomic E-state index is 13.0. The molecule has 4 N–H and O–H groups in total. The third-order valence-electron chi connectivity index (χ3n) is 5.34. The largest absolute Gasteiger partial charge is 0.497 e.